The van der Waals surface area contributed by atoms with Gasteiger partial charge < -0.3 is 0 Å². The number of halogens is 2. The number of sulfonamides is 1. The summed E-state index contributed by atoms with van der Waals surface area (Å²) in [4.78, 5) is 3.85. The fourth-order valence-electron chi connectivity index (χ4n) is 1.64. The van der Waals surface area contributed by atoms with Crippen LogP contribution in [0.3, 0.4) is 0 Å². The summed E-state index contributed by atoms with van der Waals surface area (Å²) in [7, 11) is -3.78. The summed E-state index contributed by atoms with van der Waals surface area (Å²) in [6.45, 7) is 1.69. The molecule has 0 aliphatic rings. The maximum Gasteiger partial charge on any atom is 0.241 e. The van der Waals surface area contributed by atoms with E-state index < -0.39 is 21.9 Å². The van der Waals surface area contributed by atoms with E-state index in [1.54, 1.807) is 31.5 Å². The summed E-state index contributed by atoms with van der Waals surface area (Å²) >= 11 is 5.60. The first-order valence-corrected chi connectivity index (χ1v) is 7.63. The molecule has 0 amide bonds. The van der Waals surface area contributed by atoms with E-state index in [4.69, 9.17) is 11.6 Å². The van der Waals surface area contributed by atoms with Gasteiger partial charge in [-0.15, -0.1) is 0 Å². The van der Waals surface area contributed by atoms with E-state index in [1.165, 1.54) is 6.07 Å². The Labute approximate surface area is 121 Å². The van der Waals surface area contributed by atoms with Crippen molar-refractivity contribution in [3.63, 3.8) is 0 Å². The van der Waals surface area contributed by atoms with Crippen molar-refractivity contribution in [3.8, 4) is 0 Å². The summed E-state index contributed by atoms with van der Waals surface area (Å²) in [5, 5.41) is -0.234. The molecule has 0 radical (unpaired) electrons. The average molecular weight is 315 g/mol. The van der Waals surface area contributed by atoms with Crippen LogP contribution in [0.25, 0.3) is 0 Å². The molecule has 106 valence electrons. The van der Waals surface area contributed by atoms with Gasteiger partial charge in [-0.1, -0.05) is 17.7 Å². The average Bonchev–Trinajstić information content (AvgIpc) is 2.42. The third kappa shape index (κ3) is 3.33. The molecule has 1 unspecified atom stereocenters. The van der Waals surface area contributed by atoms with Gasteiger partial charge in [-0.3, -0.25) is 4.98 Å². The lowest BCUT2D eigenvalue weighted by Gasteiger charge is -2.14. The van der Waals surface area contributed by atoms with Crippen LogP contribution in [-0.2, 0) is 10.0 Å². The van der Waals surface area contributed by atoms with Crippen LogP contribution < -0.4 is 4.72 Å². The van der Waals surface area contributed by atoms with Crippen LogP contribution in [0, 0.1) is 5.82 Å². The summed E-state index contributed by atoms with van der Waals surface area (Å²) in [6.07, 6.45) is 3.18. The number of aromatic nitrogens is 1. The van der Waals surface area contributed by atoms with Gasteiger partial charge in [0.15, 0.2) is 0 Å². The van der Waals surface area contributed by atoms with Crippen molar-refractivity contribution in [2.75, 3.05) is 0 Å². The predicted octanol–water partition coefficient (Wildman–Crippen LogP) is 2.91. The Morgan fingerprint density at radius 3 is 2.70 bits per heavy atom. The molecule has 0 spiro atoms. The Morgan fingerprint density at radius 2 is 2.10 bits per heavy atom. The Bertz CT molecular complexity index is 708. The highest BCUT2D eigenvalue weighted by molar-refractivity contribution is 7.89. The van der Waals surface area contributed by atoms with Gasteiger partial charge in [0.05, 0.1) is 9.92 Å². The minimum absolute atomic E-state index is 0.0837. The van der Waals surface area contributed by atoms with Crippen LogP contribution in [0.5, 0.6) is 0 Å². The Hall–Kier alpha value is -1.50. The number of nitrogens with zero attached hydrogens (tertiary/aromatic N) is 1. The second-order valence-corrected chi connectivity index (χ2v) is 6.33. The number of hydrogen-bond acceptors (Lipinski definition) is 3. The lowest BCUT2D eigenvalue weighted by molar-refractivity contribution is 0.566. The standard InChI is InChI=1S/C13H12ClFN2O2S/c1-9(10-3-2-6-16-8-10)17-20(18,19)11-4-5-13(15)12(14)7-11/h2-9,17H,1H3. The number of hydrogen-bond donors (Lipinski definition) is 1. The highest BCUT2D eigenvalue weighted by Crippen LogP contribution is 2.21. The van der Waals surface area contributed by atoms with Crippen LogP contribution in [-0.4, -0.2) is 13.4 Å². The molecule has 0 aliphatic heterocycles. The van der Waals surface area contributed by atoms with Crippen molar-refractivity contribution in [2.45, 2.75) is 17.9 Å². The molecular weight excluding hydrogens is 303 g/mol. The molecule has 2 aromatic rings. The fourth-order valence-corrected chi connectivity index (χ4v) is 3.15. The molecule has 1 atom stereocenters. The smallest absolute Gasteiger partial charge is 0.241 e. The Morgan fingerprint density at radius 1 is 1.35 bits per heavy atom. The van der Waals surface area contributed by atoms with E-state index in [0.717, 1.165) is 17.7 Å². The van der Waals surface area contributed by atoms with Crippen molar-refractivity contribution >= 4 is 21.6 Å². The molecule has 1 N–H and O–H groups in total. The van der Waals surface area contributed by atoms with Crippen molar-refractivity contribution in [2.24, 2.45) is 0 Å². The monoisotopic (exact) mass is 314 g/mol. The fraction of sp³-hybridized carbons (Fsp3) is 0.154. The molecule has 0 aliphatic carbocycles. The second-order valence-electron chi connectivity index (χ2n) is 4.21. The summed E-state index contributed by atoms with van der Waals surface area (Å²) < 4.78 is 39.9. The third-order valence-electron chi connectivity index (χ3n) is 2.72. The zero-order valence-corrected chi connectivity index (χ0v) is 12.1. The maximum absolute atomic E-state index is 13.1. The zero-order valence-electron chi connectivity index (χ0n) is 10.5. The van der Waals surface area contributed by atoms with Crippen LogP contribution in [0.15, 0.2) is 47.6 Å². The molecule has 0 bridgehead atoms. The van der Waals surface area contributed by atoms with Crippen LogP contribution in [0.1, 0.15) is 18.5 Å². The first kappa shape index (κ1) is 14.9. The lowest BCUT2D eigenvalue weighted by atomic mass is 10.2. The molecule has 4 nitrogen and oxygen atoms in total. The number of rotatable bonds is 4. The minimum Gasteiger partial charge on any atom is -0.264 e. The summed E-state index contributed by atoms with van der Waals surface area (Å²) in [5.74, 6) is -0.661. The van der Waals surface area contributed by atoms with E-state index in [1.807, 2.05) is 0 Å². The van der Waals surface area contributed by atoms with Gasteiger partial charge in [-0.25, -0.2) is 17.5 Å². The van der Waals surface area contributed by atoms with Gasteiger partial charge in [0.2, 0.25) is 10.0 Å². The molecule has 1 aromatic heterocycles. The molecule has 0 fully saturated rings. The van der Waals surface area contributed by atoms with E-state index in [-0.39, 0.29) is 9.92 Å². The van der Waals surface area contributed by atoms with Gasteiger partial charge in [-0.05, 0) is 36.8 Å². The normalized spacial score (nSPS) is 13.2. The predicted molar refractivity (Wildman–Crippen MR) is 74.4 cm³/mol. The molecule has 1 aromatic carbocycles. The molecule has 7 heteroatoms. The summed E-state index contributed by atoms with van der Waals surface area (Å²) in [6, 6.07) is 6.28. The Kier molecular flexibility index (Phi) is 4.37. The van der Waals surface area contributed by atoms with E-state index in [2.05, 4.69) is 9.71 Å². The van der Waals surface area contributed by atoms with Gasteiger partial charge >= 0.3 is 0 Å². The van der Waals surface area contributed by atoms with Crippen LogP contribution >= 0.6 is 11.6 Å². The largest absolute Gasteiger partial charge is 0.264 e. The SMILES string of the molecule is CC(NS(=O)(=O)c1ccc(F)c(Cl)c1)c1cccnc1. The number of nitrogens with one attached hydrogen (secondary N) is 1. The van der Waals surface area contributed by atoms with Crippen molar-refractivity contribution in [1.82, 2.24) is 9.71 Å². The Balaban J connectivity index is 2.25. The van der Waals surface area contributed by atoms with Crippen LogP contribution in [0.4, 0.5) is 4.39 Å². The van der Waals surface area contributed by atoms with E-state index in [9.17, 15) is 12.8 Å². The molecule has 0 saturated carbocycles. The molecule has 20 heavy (non-hydrogen) atoms. The molecule has 0 saturated heterocycles. The van der Waals surface area contributed by atoms with Crippen LogP contribution in [0.2, 0.25) is 5.02 Å². The van der Waals surface area contributed by atoms with Gasteiger partial charge in [0.25, 0.3) is 0 Å². The molecule has 2 rings (SSSR count). The molecular formula is C13H12ClFN2O2S. The topological polar surface area (TPSA) is 59.1 Å². The maximum atomic E-state index is 13.1. The van der Waals surface area contributed by atoms with Gasteiger partial charge in [-0.2, -0.15) is 0 Å². The van der Waals surface area contributed by atoms with Gasteiger partial charge in [0.1, 0.15) is 5.82 Å². The number of benzene rings is 1. The minimum atomic E-state index is -3.78. The zero-order chi connectivity index (χ0) is 14.8. The summed E-state index contributed by atoms with van der Waals surface area (Å²) in [5.41, 5.74) is 0.726. The number of pyridine rings is 1. The highest BCUT2D eigenvalue weighted by Gasteiger charge is 2.19. The highest BCUT2D eigenvalue weighted by atomic mass is 35.5. The van der Waals surface area contributed by atoms with Crippen molar-refractivity contribution in [3.05, 3.63) is 59.1 Å². The lowest BCUT2D eigenvalue weighted by Crippen LogP contribution is -2.27. The van der Waals surface area contributed by atoms with E-state index in [0.29, 0.717) is 0 Å². The quantitative estimate of drug-likeness (QED) is 0.944. The van der Waals surface area contributed by atoms with Crippen molar-refractivity contribution in [1.29, 1.82) is 0 Å². The molecule has 1 heterocycles. The van der Waals surface area contributed by atoms with E-state index >= 15 is 0 Å². The first-order chi connectivity index (χ1) is 9.40. The van der Waals surface area contributed by atoms with Crippen molar-refractivity contribution < 1.29 is 12.8 Å². The van der Waals surface area contributed by atoms with Gasteiger partial charge in [0, 0.05) is 18.4 Å². The third-order valence-corrected chi connectivity index (χ3v) is 4.55. The first-order valence-electron chi connectivity index (χ1n) is 5.77. The second kappa shape index (κ2) is 5.87.